The summed E-state index contributed by atoms with van der Waals surface area (Å²) in [5.74, 6) is 6.07. The Kier molecular flexibility index (Phi) is 27.7. The zero-order valence-electron chi connectivity index (χ0n) is 63.3. The van der Waals surface area contributed by atoms with Gasteiger partial charge in [-0.3, -0.25) is 19.6 Å². The van der Waals surface area contributed by atoms with Crippen molar-refractivity contribution in [3.63, 3.8) is 0 Å². The van der Waals surface area contributed by atoms with Gasteiger partial charge in [-0.05, 0) is 127 Å². The molecule has 114 heavy (non-hydrogen) atoms. The Morgan fingerprint density at radius 3 is 1.87 bits per heavy atom. The first kappa shape index (κ1) is 83.4. The normalized spacial score (nSPS) is 13.3. The third-order valence-electron chi connectivity index (χ3n) is 16.9. The van der Waals surface area contributed by atoms with Gasteiger partial charge in [0.25, 0.3) is 10.3 Å². The number of benzene rings is 5. The zero-order valence-corrected chi connectivity index (χ0v) is 68.2. The van der Waals surface area contributed by atoms with Gasteiger partial charge in [-0.15, -0.1) is 70.6 Å². The molecule has 592 valence electrons. The van der Waals surface area contributed by atoms with Crippen molar-refractivity contribution in [1.82, 2.24) is 49.3 Å². The van der Waals surface area contributed by atoms with Crippen LogP contribution in [0, 0.1) is 20.4 Å². The van der Waals surface area contributed by atoms with E-state index in [1.807, 2.05) is 46.8 Å². The molecule has 6 aromatic heterocycles. The predicted octanol–water partition coefficient (Wildman–Crippen LogP) is 18.2. The number of methoxy groups -OCH3 is 1. The van der Waals surface area contributed by atoms with Crippen molar-refractivity contribution in [2.45, 2.75) is 122 Å². The number of fused-ring (bicyclic) bond motifs is 5. The number of aromatic hydroxyl groups is 3. The summed E-state index contributed by atoms with van der Waals surface area (Å²) >= 11 is 7.69. The van der Waals surface area contributed by atoms with Gasteiger partial charge < -0.3 is 39.3 Å². The van der Waals surface area contributed by atoms with Crippen LogP contribution in [0.25, 0.3) is 31.8 Å². The second-order valence-corrected chi connectivity index (χ2v) is 31.7. The maximum Gasteiger partial charge on any atom is 0.414 e. The molecule has 0 bridgehead atoms. The number of thioether (sulfide) groups is 1. The Morgan fingerprint density at radius 1 is 0.667 bits per heavy atom. The smallest absolute Gasteiger partial charge is 0.414 e. The molecule has 0 unspecified atom stereocenters. The number of hydrogen-bond acceptors (Lipinski definition) is 36. The number of anilines is 3. The Hall–Kier alpha value is -11.6. The van der Waals surface area contributed by atoms with E-state index in [4.69, 9.17) is 31.7 Å². The molecule has 6 N–H and O–H groups in total. The third kappa shape index (κ3) is 19.4. The molecule has 0 radical (unpaired) electrons. The van der Waals surface area contributed by atoms with E-state index in [-0.39, 0.29) is 70.3 Å². The highest BCUT2D eigenvalue weighted by Gasteiger charge is 2.35. The number of nitrogens with zero attached hydrogens (tertiary/aromatic N) is 21. The number of aromatic amines is 1. The van der Waals surface area contributed by atoms with Crippen molar-refractivity contribution in [1.29, 1.82) is 0 Å². The molecule has 11 aromatic rings. The SMILES string of the molecule is CCOC(=O)N1CCCc2c(O)ccc(N=Nc3nnc(C)s3)c21.CCOC(=O)c1c(-c2ccccc2C(=O)OC)c(N=Nc2nc(C)ns2)n2[nH]c(C(C)(C)C)nc12.CCSc1nnc(N=Nc2ccc(O)c3c2N(C(C)=O)CCC3)s1.[C-]#[N+]c1cc(N=Nc2nc3ccc(SOON)cc3s2)c2c(c1O)CCCN2C(C)=O. The van der Waals surface area contributed by atoms with Crippen LogP contribution < -0.4 is 20.6 Å². The van der Waals surface area contributed by atoms with Gasteiger partial charge in [-0.25, -0.2) is 38.7 Å². The van der Waals surface area contributed by atoms with Crippen LogP contribution in [0.2, 0.25) is 0 Å². The highest BCUT2D eigenvalue weighted by atomic mass is 32.2. The number of hydrogen-bond donors (Lipinski definition) is 5. The van der Waals surface area contributed by atoms with Gasteiger partial charge in [0.05, 0.1) is 77.5 Å². The topological polar surface area (TPSA) is 454 Å². The molecule has 36 nitrogen and oxygen atoms in total. The minimum Gasteiger partial charge on any atom is -0.519 e. The fourth-order valence-corrected chi connectivity index (χ4v) is 15.9. The van der Waals surface area contributed by atoms with Gasteiger partial charge in [0.2, 0.25) is 27.8 Å². The molecule has 0 saturated heterocycles. The van der Waals surface area contributed by atoms with Crippen LogP contribution in [0.5, 0.6) is 17.2 Å². The van der Waals surface area contributed by atoms with Crippen LogP contribution in [0.15, 0.2) is 123 Å². The summed E-state index contributed by atoms with van der Waals surface area (Å²) in [6.07, 6.45) is 3.72. The molecule has 0 spiro atoms. The number of phenolic OH excluding ortho intramolecular Hbond substituents is 3. The van der Waals surface area contributed by atoms with E-state index in [9.17, 15) is 39.3 Å². The number of H-pyrrole nitrogens is 1. The van der Waals surface area contributed by atoms with E-state index in [0.29, 0.717) is 140 Å². The molecular weight excluding hydrogens is 1590 g/mol. The van der Waals surface area contributed by atoms with E-state index in [1.54, 1.807) is 101 Å². The number of carbonyl (C=O) groups is 5. The molecule has 0 atom stereocenters. The average Bonchev–Trinajstić information content (AvgIpc) is 1.57. The lowest BCUT2D eigenvalue weighted by molar-refractivity contribution is -0.195. The number of carbonyl (C=O) groups excluding carboxylic acids is 5. The van der Waals surface area contributed by atoms with Gasteiger partial charge >= 0.3 is 18.0 Å². The number of azo groups is 4. The molecule has 3 aliphatic rings. The van der Waals surface area contributed by atoms with Crippen molar-refractivity contribution >= 4 is 181 Å². The first-order chi connectivity index (χ1) is 54.9. The van der Waals surface area contributed by atoms with E-state index in [0.717, 1.165) is 72.2 Å². The lowest BCUT2D eigenvalue weighted by Crippen LogP contribution is -2.36. The molecule has 42 heteroatoms. The number of aromatic nitrogens is 10. The summed E-state index contributed by atoms with van der Waals surface area (Å²) in [6.45, 7) is 27.5. The van der Waals surface area contributed by atoms with Crippen LogP contribution in [0.4, 0.5) is 71.0 Å². The van der Waals surface area contributed by atoms with Crippen LogP contribution in [-0.2, 0) is 57.8 Å². The molecule has 0 aliphatic carbocycles. The van der Waals surface area contributed by atoms with Crippen LogP contribution >= 0.6 is 69.3 Å². The first-order valence-electron chi connectivity index (χ1n) is 35.2. The maximum atomic E-state index is 13.3. The number of esters is 2. The van der Waals surface area contributed by atoms with Crippen molar-refractivity contribution in [3.8, 4) is 28.4 Å². The lowest BCUT2D eigenvalue weighted by atomic mass is 9.96. The van der Waals surface area contributed by atoms with Crippen molar-refractivity contribution in [2.75, 3.05) is 60.4 Å². The molecule has 0 saturated carbocycles. The van der Waals surface area contributed by atoms with Crippen LogP contribution in [0.3, 0.4) is 0 Å². The average molecular weight is 1660 g/mol. The third-order valence-corrected chi connectivity index (χ3v) is 21.7. The Bertz CT molecular complexity index is 5580. The fourth-order valence-electron chi connectivity index (χ4n) is 12.0. The monoisotopic (exact) mass is 1660 g/mol. The highest BCUT2D eigenvalue weighted by molar-refractivity contribution is 8.01. The molecule has 3 amide bonds. The van der Waals surface area contributed by atoms with E-state index < -0.39 is 18.0 Å². The summed E-state index contributed by atoms with van der Waals surface area (Å²) in [6, 6.07) is 20.2. The van der Waals surface area contributed by atoms with E-state index >= 15 is 0 Å². The van der Waals surface area contributed by atoms with Crippen LogP contribution in [-0.4, -0.2) is 140 Å². The predicted molar refractivity (Wildman–Crippen MR) is 431 cm³/mol. The van der Waals surface area contributed by atoms with Gasteiger partial charge in [0.1, 0.15) is 50.8 Å². The Balaban J connectivity index is 0.000000152. The number of nitrogens with one attached hydrogen (secondary N) is 1. The fraction of sp³-hybridized carbons (Fsp3) is 0.333. The van der Waals surface area contributed by atoms with Crippen molar-refractivity contribution < 1.29 is 62.8 Å². The zero-order chi connectivity index (χ0) is 81.5. The first-order valence-corrected chi connectivity index (χ1v) is 40.1. The van der Waals surface area contributed by atoms with Gasteiger partial charge in [0, 0.05) is 83.1 Å². The number of amides is 3. The number of aryl methyl sites for hydroxylation is 2. The lowest BCUT2D eigenvalue weighted by Gasteiger charge is -2.30. The summed E-state index contributed by atoms with van der Waals surface area (Å²) in [5, 5.41) is 86.1. The molecule has 5 aromatic carbocycles. The molecule has 9 heterocycles. The van der Waals surface area contributed by atoms with Gasteiger partial charge in [-0.1, -0.05) is 91.7 Å². The minimum absolute atomic E-state index is 0.0736. The second-order valence-electron chi connectivity index (χ2n) is 25.6. The Labute approximate surface area is 675 Å². The van der Waals surface area contributed by atoms with Crippen molar-refractivity contribution in [3.05, 3.63) is 129 Å². The number of nitrogens with two attached hydrogens (primary N) is 1. The molecule has 14 rings (SSSR count). The molecule has 3 aliphatic heterocycles. The number of phenols is 3. The Morgan fingerprint density at radius 2 is 1.27 bits per heavy atom. The van der Waals surface area contributed by atoms with Gasteiger partial charge in [-0.2, -0.15) is 10.3 Å². The largest absolute Gasteiger partial charge is 0.519 e. The maximum absolute atomic E-state index is 13.3. The molecular formula is C72H75N23O13S6. The quantitative estimate of drug-likeness (QED) is 0.00778. The number of ether oxygens (including phenoxy) is 3. The van der Waals surface area contributed by atoms with Crippen LogP contribution in [0.1, 0.15) is 129 Å². The molecule has 0 fully saturated rings. The summed E-state index contributed by atoms with van der Waals surface area (Å²) in [7, 11) is 1.30. The van der Waals surface area contributed by atoms with E-state index in [2.05, 4.69) is 94.9 Å². The highest BCUT2D eigenvalue weighted by Crippen LogP contribution is 2.50. The van der Waals surface area contributed by atoms with E-state index in [1.165, 1.54) is 65.9 Å². The van der Waals surface area contributed by atoms with Crippen molar-refractivity contribution in [2.24, 2.45) is 46.8 Å². The standard InChI is InChI=1S/C23H25N7O4S.C19H16N6O4S2.C15H17N5O3S.C15H17N5O2S2/c1-7-34-20(32)16-15(13-10-8-9-11-14(13)19(31)33-6)18(26-27-22-24-12(2)29-35-22)30-17(16)25-21(28-30)23(3,4)5;1-10(26)25-7-3-4-12-17(25)14(9-15(21-2)18(12)27)23-24-19-22-13-6-5-11(31-29-28-20)8-16(13)30-19;1-3-23-15(22)20-8-4-5-10-12(21)7-6-11(13(10)20)17-19-14-18-16-9(2)24-14;1-3-23-15-19-18-14(24-15)17-16-11-6-7-12(22)10-5-4-8-20(9(2)21)13(10)11/h8-11H,7H2,1-6H3,(H,25,28);5-6,8-9,27H,3-4,7,20H2,1H3;6-7,21H,3-5,8H2,1-2H3;6-7,22H,3-5,8H2,1-2H3. The minimum atomic E-state index is -0.597. The second kappa shape index (κ2) is 37.8. The summed E-state index contributed by atoms with van der Waals surface area (Å²) < 4.78 is 27.6. The number of thiazole rings is 1. The summed E-state index contributed by atoms with van der Waals surface area (Å²) in [5.41, 5.74) is 7.00. The summed E-state index contributed by atoms with van der Waals surface area (Å²) in [4.78, 5) is 88.5. The van der Waals surface area contributed by atoms with Gasteiger partial charge in [0.15, 0.2) is 15.8 Å². The number of rotatable bonds is 18.